The SMILES string of the molecule is COc1cccc(-c2nnc(-c3cccc(Oc4ccc(C(=O)C(=O)c5ccc(C)cc5)cc4)c3)o2)c1. The molecular weight excluding hydrogens is 468 g/mol. The Balaban J connectivity index is 1.29. The fourth-order valence-electron chi connectivity index (χ4n) is 3.68. The van der Waals surface area contributed by atoms with Crippen LogP contribution in [-0.2, 0) is 0 Å². The standard InChI is InChI=1S/C30H22N2O5/c1-19-9-11-20(12-10-19)27(33)28(34)21-13-15-24(16-14-21)36-26-8-4-6-23(18-26)30-32-31-29(37-30)22-5-3-7-25(17-22)35-2/h3-18H,1-2H3. The summed E-state index contributed by atoms with van der Waals surface area (Å²) >= 11 is 0. The number of hydrogen-bond donors (Lipinski definition) is 0. The van der Waals surface area contributed by atoms with E-state index in [1.165, 1.54) is 0 Å². The van der Waals surface area contributed by atoms with Gasteiger partial charge in [-0.1, -0.05) is 42.0 Å². The predicted octanol–water partition coefficient (Wildman–Crippen LogP) is 6.58. The summed E-state index contributed by atoms with van der Waals surface area (Å²) in [4.78, 5) is 25.1. The normalized spacial score (nSPS) is 10.6. The van der Waals surface area contributed by atoms with Crippen molar-refractivity contribution in [3.8, 4) is 40.2 Å². The highest BCUT2D eigenvalue weighted by Gasteiger charge is 2.18. The molecule has 5 rings (SSSR count). The van der Waals surface area contributed by atoms with E-state index in [4.69, 9.17) is 13.9 Å². The lowest BCUT2D eigenvalue weighted by atomic mass is 10.0. The number of aromatic nitrogens is 2. The Kier molecular flexibility index (Phi) is 6.59. The number of methoxy groups -OCH3 is 1. The van der Waals surface area contributed by atoms with Crippen LogP contribution in [0.4, 0.5) is 0 Å². The largest absolute Gasteiger partial charge is 0.497 e. The molecule has 0 atom stereocenters. The molecule has 1 aromatic heterocycles. The molecule has 0 saturated carbocycles. The lowest BCUT2D eigenvalue weighted by Gasteiger charge is -2.07. The molecule has 0 amide bonds. The van der Waals surface area contributed by atoms with Crippen molar-refractivity contribution in [3.05, 3.63) is 114 Å². The van der Waals surface area contributed by atoms with Crippen molar-refractivity contribution >= 4 is 11.6 Å². The molecule has 0 aliphatic rings. The second-order valence-corrected chi connectivity index (χ2v) is 8.32. The molecule has 0 bridgehead atoms. The Labute approximate surface area is 213 Å². The molecule has 7 nitrogen and oxygen atoms in total. The Hall–Kier alpha value is -5.04. The van der Waals surface area contributed by atoms with Crippen LogP contribution in [0.5, 0.6) is 17.2 Å². The maximum absolute atomic E-state index is 12.6. The zero-order valence-electron chi connectivity index (χ0n) is 20.2. The lowest BCUT2D eigenvalue weighted by Crippen LogP contribution is -2.14. The van der Waals surface area contributed by atoms with Gasteiger partial charge in [0.15, 0.2) is 0 Å². The van der Waals surface area contributed by atoms with Crippen molar-refractivity contribution in [3.63, 3.8) is 0 Å². The van der Waals surface area contributed by atoms with Crippen LogP contribution in [0.3, 0.4) is 0 Å². The van der Waals surface area contributed by atoms with Crippen LogP contribution in [0, 0.1) is 6.92 Å². The van der Waals surface area contributed by atoms with E-state index in [-0.39, 0.29) is 0 Å². The third-order valence-corrected chi connectivity index (χ3v) is 5.69. The molecule has 0 spiro atoms. The summed E-state index contributed by atoms with van der Waals surface area (Å²) in [6, 6.07) is 28.0. The van der Waals surface area contributed by atoms with E-state index < -0.39 is 11.6 Å². The van der Waals surface area contributed by atoms with Crippen LogP contribution in [0.1, 0.15) is 26.3 Å². The Morgan fingerprint density at radius 2 is 1.16 bits per heavy atom. The minimum Gasteiger partial charge on any atom is -0.497 e. The molecule has 0 unspecified atom stereocenters. The summed E-state index contributed by atoms with van der Waals surface area (Å²) < 4.78 is 17.1. The van der Waals surface area contributed by atoms with Crippen molar-refractivity contribution in [2.75, 3.05) is 7.11 Å². The minimum absolute atomic E-state index is 0.294. The van der Waals surface area contributed by atoms with E-state index in [0.29, 0.717) is 45.7 Å². The maximum Gasteiger partial charge on any atom is 0.248 e. The quantitative estimate of drug-likeness (QED) is 0.179. The molecule has 0 fully saturated rings. The van der Waals surface area contributed by atoms with Gasteiger partial charge in [-0.15, -0.1) is 10.2 Å². The topological polar surface area (TPSA) is 91.5 Å². The van der Waals surface area contributed by atoms with E-state index in [1.807, 2.05) is 43.3 Å². The first kappa shape index (κ1) is 23.7. The maximum atomic E-state index is 12.6. The first-order chi connectivity index (χ1) is 18.0. The van der Waals surface area contributed by atoms with Gasteiger partial charge in [0.1, 0.15) is 17.2 Å². The third-order valence-electron chi connectivity index (χ3n) is 5.69. The minimum atomic E-state index is -0.569. The van der Waals surface area contributed by atoms with Gasteiger partial charge >= 0.3 is 0 Å². The fraction of sp³-hybridized carbons (Fsp3) is 0.0667. The number of benzene rings is 4. The molecule has 1 heterocycles. The van der Waals surface area contributed by atoms with Crippen molar-refractivity contribution < 1.29 is 23.5 Å². The average molecular weight is 491 g/mol. The number of Topliss-reactive ketones (excluding diaryl/α,β-unsaturated/α-hetero) is 2. The van der Waals surface area contributed by atoms with Gasteiger partial charge < -0.3 is 13.9 Å². The molecule has 0 aliphatic carbocycles. The van der Waals surface area contributed by atoms with Gasteiger partial charge in [0, 0.05) is 22.3 Å². The summed E-state index contributed by atoms with van der Waals surface area (Å²) in [6.45, 7) is 1.92. The molecule has 7 heteroatoms. The molecule has 0 saturated heterocycles. The summed E-state index contributed by atoms with van der Waals surface area (Å²) in [5.41, 5.74) is 3.12. The van der Waals surface area contributed by atoms with Gasteiger partial charge in [0.2, 0.25) is 23.3 Å². The Bertz CT molecular complexity index is 1570. The zero-order valence-corrected chi connectivity index (χ0v) is 20.2. The highest BCUT2D eigenvalue weighted by Crippen LogP contribution is 2.30. The number of rotatable bonds is 8. The Morgan fingerprint density at radius 1 is 0.649 bits per heavy atom. The molecule has 0 N–H and O–H groups in total. The molecule has 4 aromatic carbocycles. The van der Waals surface area contributed by atoms with E-state index >= 15 is 0 Å². The smallest absolute Gasteiger partial charge is 0.248 e. The number of carbonyl (C=O) groups excluding carboxylic acids is 2. The van der Waals surface area contributed by atoms with Crippen LogP contribution in [0.25, 0.3) is 22.9 Å². The lowest BCUT2D eigenvalue weighted by molar-refractivity contribution is 0.0817. The number of carbonyl (C=O) groups is 2. The van der Waals surface area contributed by atoms with Gasteiger partial charge in [-0.05, 0) is 67.6 Å². The van der Waals surface area contributed by atoms with Gasteiger partial charge in [-0.3, -0.25) is 9.59 Å². The van der Waals surface area contributed by atoms with E-state index in [2.05, 4.69) is 10.2 Å². The highest BCUT2D eigenvalue weighted by molar-refractivity contribution is 6.49. The summed E-state index contributed by atoms with van der Waals surface area (Å²) in [6.07, 6.45) is 0. The first-order valence-electron chi connectivity index (χ1n) is 11.5. The van der Waals surface area contributed by atoms with Crippen molar-refractivity contribution in [1.29, 1.82) is 0 Å². The van der Waals surface area contributed by atoms with Crippen molar-refractivity contribution in [2.45, 2.75) is 6.92 Å². The summed E-state index contributed by atoms with van der Waals surface area (Å²) in [5.74, 6) is 1.36. The molecule has 182 valence electrons. The number of hydrogen-bond acceptors (Lipinski definition) is 7. The molecular formula is C30H22N2O5. The number of aryl methyl sites for hydroxylation is 1. The molecule has 5 aromatic rings. The number of ketones is 2. The van der Waals surface area contributed by atoms with Gasteiger partial charge in [0.05, 0.1) is 7.11 Å². The van der Waals surface area contributed by atoms with Crippen LogP contribution >= 0.6 is 0 Å². The van der Waals surface area contributed by atoms with Crippen molar-refractivity contribution in [1.82, 2.24) is 10.2 Å². The van der Waals surface area contributed by atoms with E-state index in [1.54, 1.807) is 67.8 Å². The Morgan fingerprint density at radius 3 is 1.73 bits per heavy atom. The van der Waals surface area contributed by atoms with Crippen LogP contribution in [0.2, 0.25) is 0 Å². The van der Waals surface area contributed by atoms with Crippen LogP contribution in [0.15, 0.2) is 101 Å². The van der Waals surface area contributed by atoms with Gasteiger partial charge in [0.25, 0.3) is 0 Å². The van der Waals surface area contributed by atoms with Crippen LogP contribution in [-0.4, -0.2) is 28.9 Å². The van der Waals surface area contributed by atoms with Gasteiger partial charge in [-0.25, -0.2) is 0 Å². The fourth-order valence-corrected chi connectivity index (χ4v) is 3.68. The molecule has 37 heavy (non-hydrogen) atoms. The summed E-state index contributed by atoms with van der Waals surface area (Å²) in [7, 11) is 1.60. The zero-order chi connectivity index (χ0) is 25.8. The number of ether oxygens (including phenoxy) is 2. The molecule has 0 aliphatic heterocycles. The number of nitrogens with zero attached hydrogens (tertiary/aromatic N) is 2. The van der Waals surface area contributed by atoms with Gasteiger partial charge in [-0.2, -0.15) is 0 Å². The molecule has 0 radical (unpaired) electrons. The second-order valence-electron chi connectivity index (χ2n) is 8.32. The third kappa shape index (κ3) is 5.31. The van der Waals surface area contributed by atoms with E-state index in [0.717, 1.165) is 11.1 Å². The summed E-state index contributed by atoms with van der Waals surface area (Å²) in [5, 5.41) is 8.31. The monoisotopic (exact) mass is 490 g/mol. The predicted molar refractivity (Wildman–Crippen MR) is 138 cm³/mol. The van der Waals surface area contributed by atoms with E-state index in [9.17, 15) is 9.59 Å². The second kappa shape index (κ2) is 10.3. The van der Waals surface area contributed by atoms with Crippen molar-refractivity contribution in [2.24, 2.45) is 0 Å². The first-order valence-corrected chi connectivity index (χ1v) is 11.5. The van der Waals surface area contributed by atoms with Crippen LogP contribution < -0.4 is 9.47 Å². The highest BCUT2D eigenvalue weighted by atomic mass is 16.5. The average Bonchev–Trinajstić information content (AvgIpc) is 3.44.